The molecule has 0 radical (unpaired) electrons. The van der Waals surface area contributed by atoms with Gasteiger partial charge in [-0.1, -0.05) is 20.8 Å². The quantitative estimate of drug-likeness (QED) is 0.801. The van der Waals surface area contributed by atoms with Crippen molar-refractivity contribution in [3.63, 3.8) is 0 Å². The van der Waals surface area contributed by atoms with Crippen molar-refractivity contribution in [2.24, 2.45) is 5.41 Å². The number of aliphatic hydroxyl groups is 1. The zero-order chi connectivity index (χ0) is 11.5. The van der Waals surface area contributed by atoms with Crippen molar-refractivity contribution >= 4 is 0 Å². The van der Waals surface area contributed by atoms with Crippen molar-refractivity contribution in [1.82, 2.24) is 5.32 Å². The molecule has 0 saturated heterocycles. The fourth-order valence-electron chi connectivity index (χ4n) is 1.21. The molecule has 1 aromatic heterocycles. The Bertz CT molecular complexity index is 299. The van der Waals surface area contributed by atoms with Crippen LogP contribution in [0.5, 0.6) is 0 Å². The maximum atomic E-state index is 9.79. The van der Waals surface area contributed by atoms with Crippen LogP contribution in [0.4, 0.5) is 0 Å². The van der Waals surface area contributed by atoms with E-state index in [1.807, 2.05) is 33.8 Å². The Morgan fingerprint density at radius 2 is 2.13 bits per heavy atom. The van der Waals surface area contributed by atoms with Gasteiger partial charge < -0.3 is 14.8 Å². The second kappa shape index (κ2) is 4.81. The minimum atomic E-state index is -0.340. The van der Waals surface area contributed by atoms with Gasteiger partial charge in [-0.15, -0.1) is 0 Å². The van der Waals surface area contributed by atoms with Gasteiger partial charge in [0, 0.05) is 6.54 Å². The van der Waals surface area contributed by atoms with Crippen molar-refractivity contribution in [2.75, 3.05) is 6.54 Å². The molecule has 3 heteroatoms. The molecule has 1 rings (SSSR count). The largest absolute Gasteiger partial charge is 0.468 e. The fourth-order valence-corrected chi connectivity index (χ4v) is 1.21. The van der Waals surface area contributed by atoms with Gasteiger partial charge in [0.2, 0.25) is 0 Å². The van der Waals surface area contributed by atoms with E-state index in [1.165, 1.54) is 0 Å². The summed E-state index contributed by atoms with van der Waals surface area (Å²) in [6.07, 6.45) is 1.35. The predicted octanol–water partition coefficient (Wildman–Crippen LogP) is 2.08. The Morgan fingerprint density at radius 1 is 1.47 bits per heavy atom. The molecule has 0 aromatic carbocycles. The lowest BCUT2D eigenvalue weighted by Crippen LogP contribution is -2.36. The maximum Gasteiger partial charge on any atom is 0.120 e. The van der Waals surface area contributed by atoms with E-state index in [2.05, 4.69) is 5.32 Å². The first-order valence-electron chi connectivity index (χ1n) is 5.33. The van der Waals surface area contributed by atoms with E-state index >= 15 is 0 Å². The Morgan fingerprint density at radius 3 is 2.60 bits per heavy atom. The minimum Gasteiger partial charge on any atom is -0.468 e. The second-order valence-electron chi connectivity index (χ2n) is 5.04. The highest BCUT2D eigenvalue weighted by Gasteiger charge is 2.21. The molecule has 1 aromatic rings. The van der Waals surface area contributed by atoms with Crippen molar-refractivity contribution in [3.05, 3.63) is 23.7 Å². The lowest BCUT2D eigenvalue weighted by Gasteiger charge is -2.25. The molecule has 86 valence electrons. The fraction of sp³-hybridized carbons (Fsp3) is 0.667. The number of hydrogen-bond donors (Lipinski definition) is 2. The van der Waals surface area contributed by atoms with Gasteiger partial charge >= 0.3 is 0 Å². The summed E-state index contributed by atoms with van der Waals surface area (Å²) in [7, 11) is 0. The zero-order valence-electron chi connectivity index (χ0n) is 10.0. The summed E-state index contributed by atoms with van der Waals surface area (Å²) < 4.78 is 5.29. The molecule has 0 spiro atoms. The third-order valence-electron chi connectivity index (χ3n) is 2.59. The number of aliphatic hydroxyl groups excluding tert-OH is 1. The lowest BCUT2D eigenvalue weighted by molar-refractivity contribution is 0.0623. The van der Waals surface area contributed by atoms with Gasteiger partial charge in [0.1, 0.15) is 5.76 Å². The first-order chi connectivity index (χ1) is 6.91. The summed E-state index contributed by atoms with van der Waals surface area (Å²) in [5.74, 6) is 0.941. The standard InChI is InChI=1S/C12H21NO2/c1-9-5-6-15-10(9)7-13-8-11(14)12(2,3)4/h5-6,11,13-14H,7-8H2,1-4H3. The van der Waals surface area contributed by atoms with Crippen molar-refractivity contribution in [1.29, 1.82) is 0 Å². The average molecular weight is 211 g/mol. The number of rotatable bonds is 4. The van der Waals surface area contributed by atoms with Crippen molar-refractivity contribution in [3.8, 4) is 0 Å². The van der Waals surface area contributed by atoms with Gasteiger partial charge in [-0.25, -0.2) is 0 Å². The molecule has 0 amide bonds. The Balaban J connectivity index is 2.31. The number of aryl methyl sites for hydroxylation is 1. The van der Waals surface area contributed by atoms with E-state index in [0.717, 1.165) is 11.3 Å². The molecular weight excluding hydrogens is 190 g/mol. The van der Waals surface area contributed by atoms with Gasteiger partial charge in [-0.3, -0.25) is 0 Å². The van der Waals surface area contributed by atoms with Crippen LogP contribution in [-0.2, 0) is 6.54 Å². The van der Waals surface area contributed by atoms with Crippen molar-refractivity contribution in [2.45, 2.75) is 40.3 Å². The van der Waals surface area contributed by atoms with Gasteiger partial charge in [0.25, 0.3) is 0 Å². The van der Waals surface area contributed by atoms with Crippen LogP contribution < -0.4 is 5.32 Å². The highest BCUT2D eigenvalue weighted by molar-refractivity contribution is 5.14. The minimum absolute atomic E-state index is 0.0782. The summed E-state index contributed by atoms with van der Waals surface area (Å²) in [5.41, 5.74) is 1.07. The van der Waals surface area contributed by atoms with E-state index in [4.69, 9.17) is 4.42 Å². The molecular formula is C12H21NO2. The molecule has 0 aliphatic carbocycles. The van der Waals surface area contributed by atoms with E-state index in [0.29, 0.717) is 13.1 Å². The van der Waals surface area contributed by atoms with Crippen molar-refractivity contribution < 1.29 is 9.52 Å². The Labute approximate surface area is 91.5 Å². The van der Waals surface area contributed by atoms with Gasteiger partial charge in [0.05, 0.1) is 18.9 Å². The van der Waals surface area contributed by atoms with Gasteiger partial charge in [-0.2, -0.15) is 0 Å². The Hall–Kier alpha value is -0.800. The molecule has 1 heterocycles. The highest BCUT2D eigenvalue weighted by Crippen LogP contribution is 2.18. The molecule has 1 atom stereocenters. The van der Waals surface area contributed by atoms with E-state index in [-0.39, 0.29) is 11.5 Å². The first kappa shape index (κ1) is 12.3. The van der Waals surface area contributed by atoms with Crippen LogP contribution in [0.25, 0.3) is 0 Å². The summed E-state index contributed by atoms with van der Waals surface area (Å²) in [5, 5.41) is 13.0. The van der Waals surface area contributed by atoms with E-state index < -0.39 is 0 Å². The van der Waals surface area contributed by atoms with E-state index in [9.17, 15) is 5.11 Å². The number of furan rings is 1. The molecule has 0 bridgehead atoms. The lowest BCUT2D eigenvalue weighted by atomic mass is 9.89. The molecule has 15 heavy (non-hydrogen) atoms. The zero-order valence-corrected chi connectivity index (χ0v) is 10.0. The molecule has 0 aliphatic heterocycles. The molecule has 1 unspecified atom stereocenters. The SMILES string of the molecule is Cc1ccoc1CNCC(O)C(C)(C)C. The molecule has 0 fully saturated rings. The summed E-state index contributed by atoms with van der Waals surface area (Å²) >= 11 is 0. The van der Waals surface area contributed by atoms with E-state index in [1.54, 1.807) is 6.26 Å². The highest BCUT2D eigenvalue weighted by atomic mass is 16.3. The maximum absolute atomic E-state index is 9.79. The molecule has 0 saturated carbocycles. The summed E-state index contributed by atoms with van der Waals surface area (Å²) in [4.78, 5) is 0. The van der Waals surface area contributed by atoms with Crippen LogP contribution in [0.3, 0.4) is 0 Å². The van der Waals surface area contributed by atoms with Crippen LogP contribution in [-0.4, -0.2) is 17.8 Å². The first-order valence-corrected chi connectivity index (χ1v) is 5.33. The van der Waals surface area contributed by atoms with Crippen LogP contribution in [0.2, 0.25) is 0 Å². The van der Waals surface area contributed by atoms with Gasteiger partial charge in [0.15, 0.2) is 0 Å². The monoisotopic (exact) mass is 211 g/mol. The predicted molar refractivity (Wildman–Crippen MR) is 60.6 cm³/mol. The van der Waals surface area contributed by atoms with Crippen LogP contribution >= 0.6 is 0 Å². The average Bonchev–Trinajstić information content (AvgIpc) is 2.50. The molecule has 3 nitrogen and oxygen atoms in total. The third kappa shape index (κ3) is 3.68. The van der Waals surface area contributed by atoms with Crippen LogP contribution in [0.1, 0.15) is 32.1 Å². The van der Waals surface area contributed by atoms with Crippen LogP contribution in [0.15, 0.2) is 16.7 Å². The summed E-state index contributed by atoms with van der Waals surface area (Å²) in [6.45, 7) is 9.35. The molecule has 2 N–H and O–H groups in total. The number of nitrogens with one attached hydrogen (secondary N) is 1. The number of hydrogen-bond acceptors (Lipinski definition) is 3. The second-order valence-corrected chi connectivity index (χ2v) is 5.04. The smallest absolute Gasteiger partial charge is 0.120 e. The summed E-state index contributed by atoms with van der Waals surface area (Å²) in [6, 6.07) is 1.94. The normalized spacial score (nSPS) is 14.2. The molecule has 0 aliphatic rings. The third-order valence-corrected chi connectivity index (χ3v) is 2.59. The van der Waals surface area contributed by atoms with Gasteiger partial charge in [-0.05, 0) is 24.0 Å². The topological polar surface area (TPSA) is 45.4 Å². The Kier molecular flexibility index (Phi) is 3.94. The van der Waals surface area contributed by atoms with Crippen LogP contribution in [0, 0.1) is 12.3 Å².